The van der Waals surface area contributed by atoms with Crippen molar-refractivity contribution in [2.24, 2.45) is 5.73 Å². The van der Waals surface area contributed by atoms with E-state index in [1.54, 1.807) is 33.9 Å². The number of hydrogen-bond acceptors (Lipinski definition) is 5. The highest BCUT2D eigenvalue weighted by atomic mass is 19.4. The molecule has 1 atom stereocenters. The number of nitrogens with two attached hydrogens (primary N) is 1. The fourth-order valence-corrected chi connectivity index (χ4v) is 3.00. The van der Waals surface area contributed by atoms with Gasteiger partial charge in [0.25, 0.3) is 0 Å². The fraction of sp³-hybridized carbons (Fsp3) is 0.455. The van der Waals surface area contributed by atoms with Crippen molar-refractivity contribution in [3.63, 3.8) is 0 Å². The lowest BCUT2D eigenvalue weighted by molar-refractivity contribution is -0.141. The van der Waals surface area contributed by atoms with Crippen LogP contribution in [-0.4, -0.2) is 24.0 Å². The van der Waals surface area contributed by atoms with E-state index in [1.165, 1.54) is 6.07 Å². The number of hydrogen-bond donors (Lipinski definition) is 1. The molecule has 1 heterocycles. The number of methoxy groups -OCH3 is 1. The van der Waals surface area contributed by atoms with Crippen LogP contribution in [0.3, 0.4) is 0 Å². The van der Waals surface area contributed by atoms with E-state index in [-0.39, 0.29) is 30.6 Å². The normalized spacial score (nSPS) is 12.7. The van der Waals surface area contributed by atoms with E-state index in [4.69, 9.17) is 15.2 Å². The summed E-state index contributed by atoms with van der Waals surface area (Å²) in [5.74, 6) is 0.0824. The number of ether oxygens (including phenoxy) is 2. The SMILES string of the molecule is COc1cc(C(C)C(=O)CCc2ccc(C(F)(F)F)nc2OC(C)C)ccc1CN. The van der Waals surface area contributed by atoms with Gasteiger partial charge in [-0.25, -0.2) is 4.98 Å². The lowest BCUT2D eigenvalue weighted by atomic mass is 9.92. The maximum Gasteiger partial charge on any atom is 0.433 e. The molecule has 30 heavy (non-hydrogen) atoms. The predicted octanol–water partition coefficient (Wildman–Crippen LogP) is 4.66. The number of halogens is 3. The Morgan fingerprint density at radius 1 is 1.13 bits per heavy atom. The fourth-order valence-electron chi connectivity index (χ4n) is 3.00. The third-order valence-corrected chi connectivity index (χ3v) is 4.73. The van der Waals surface area contributed by atoms with Crippen LogP contribution < -0.4 is 15.2 Å². The Labute approximate surface area is 174 Å². The Hall–Kier alpha value is -2.61. The van der Waals surface area contributed by atoms with Gasteiger partial charge in [0.15, 0.2) is 0 Å². The number of pyridine rings is 1. The lowest BCUT2D eigenvalue weighted by Crippen LogP contribution is -2.15. The smallest absolute Gasteiger partial charge is 0.433 e. The van der Waals surface area contributed by atoms with Crippen molar-refractivity contribution >= 4 is 5.78 Å². The Bertz CT molecular complexity index is 882. The van der Waals surface area contributed by atoms with Crippen molar-refractivity contribution in [3.8, 4) is 11.6 Å². The summed E-state index contributed by atoms with van der Waals surface area (Å²) in [5.41, 5.74) is 6.75. The number of carbonyl (C=O) groups excluding carboxylic acids is 1. The van der Waals surface area contributed by atoms with Gasteiger partial charge in [-0.15, -0.1) is 0 Å². The number of nitrogens with zero attached hydrogens (tertiary/aromatic N) is 1. The number of alkyl halides is 3. The zero-order valence-electron chi connectivity index (χ0n) is 17.5. The maximum atomic E-state index is 13.0. The van der Waals surface area contributed by atoms with Crippen LogP contribution in [0.25, 0.3) is 0 Å². The van der Waals surface area contributed by atoms with E-state index in [9.17, 15) is 18.0 Å². The molecule has 5 nitrogen and oxygen atoms in total. The second kappa shape index (κ2) is 9.93. The van der Waals surface area contributed by atoms with Crippen LogP contribution in [0.15, 0.2) is 30.3 Å². The second-order valence-corrected chi connectivity index (χ2v) is 7.29. The van der Waals surface area contributed by atoms with Gasteiger partial charge in [-0.05, 0) is 38.0 Å². The van der Waals surface area contributed by atoms with Crippen LogP contribution in [0.5, 0.6) is 11.6 Å². The zero-order valence-corrected chi connectivity index (χ0v) is 17.5. The number of aromatic nitrogens is 1. The summed E-state index contributed by atoms with van der Waals surface area (Å²) in [6.07, 6.45) is -4.53. The van der Waals surface area contributed by atoms with Crippen molar-refractivity contribution in [1.29, 1.82) is 0 Å². The van der Waals surface area contributed by atoms with Crippen LogP contribution in [0.4, 0.5) is 13.2 Å². The Kier molecular flexibility index (Phi) is 7.83. The minimum atomic E-state index is -4.56. The number of carbonyl (C=O) groups is 1. The van der Waals surface area contributed by atoms with E-state index in [0.717, 1.165) is 17.2 Å². The van der Waals surface area contributed by atoms with Crippen molar-refractivity contribution in [2.75, 3.05) is 7.11 Å². The van der Waals surface area contributed by atoms with Crippen LogP contribution in [0.2, 0.25) is 0 Å². The van der Waals surface area contributed by atoms with E-state index >= 15 is 0 Å². The first-order chi connectivity index (χ1) is 14.1. The highest BCUT2D eigenvalue weighted by Gasteiger charge is 2.33. The van der Waals surface area contributed by atoms with Gasteiger partial charge in [0, 0.05) is 30.0 Å². The average Bonchev–Trinajstić information content (AvgIpc) is 2.70. The van der Waals surface area contributed by atoms with Gasteiger partial charge in [0.05, 0.1) is 13.2 Å². The van der Waals surface area contributed by atoms with Gasteiger partial charge in [-0.3, -0.25) is 4.79 Å². The molecule has 0 spiro atoms. The molecule has 0 saturated carbocycles. The molecule has 0 aliphatic carbocycles. The van der Waals surface area contributed by atoms with Gasteiger partial charge < -0.3 is 15.2 Å². The second-order valence-electron chi connectivity index (χ2n) is 7.29. The molecule has 0 radical (unpaired) electrons. The Morgan fingerprint density at radius 3 is 2.37 bits per heavy atom. The van der Waals surface area contributed by atoms with Gasteiger partial charge in [0.1, 0.15) is 17.2 Å². The average molecular weight is 424 g/mol. The Morgan fingerprint density at radius 2 is 1.80 bits per heavy atom. The van der Waals surface area contributed by atoms with E-state index in [1.807, 2.05) is 12.1 Å². The molecule has 0 saturated heterocycles. The quantitative estimate of drug-likeness (QED) is 0.634. The molecule has 0 aliphatic rings. The molecule has 164 valence electrons. The molecule has 0 fully saturated rings. The molecular weight excluding hydrogens is 397 g/mol. The standard InChI is InChI=1S/C22H27F3N2O3/c1-13(2)30-21-15(8-10-20(27-21)22(23,24)25)7-9-18(28)14(3)16-5-6-17(12-26)19(11-16)29-4/h5-6,8,10-11,13-14H,7,9,12,26H2,1-4H3. The van der Waals surface area contributed by atoms with Crippen molar-refractivity contribution in [1.82, 2.24) is 4.98 Å². The summed E-state index contributed by atoms with van der Waals surface area (Å²) in [6, 6.07) is 7.68. The number of ketones is 1. The molecule has 1 aromatic carbocycles. The third kappa shape index (κ3) is 5.95. The first kappa shape index (κ1) is 23.7. The number of aryl methyl sites for hydroxylation is 1. The highest BCUT2D eigenvalue weighted by molar-refractivity contribution is 5.85. The number of benzene rings is 1. The minimum absolute atomic E-state index is 0.0482. The molecule has 2 N–H and O–H groups in total. The summed E-state index contributed by atoms with van der Waals surface area (Å²) < 4.78 is 49.7. The van der Waals surface area contributed by atoms with Crippen molar-refractivity contribution < 1.29 is 27.4 Å². The largest absolute Gasteiger partial charge is 0.496 e. The van der Waals surface area contributed by atoms with Gasteiger partial charge in [-0.2, -0.15) is 13.2 Å². The van der Waals surface area contributed by atoms with Crippen LogP contribution in [0, 0.1) is 0 Å². The van der Waals surface area contributed by atoms with Crippen molar-refractivity contribution in [3.05, 3.63) is 52.7 Å². The highest BCUT2D eigenvalue weighted by Crippen LogP contribution is 2.31. The van der Waals surface area contributed by atoms with E-state index in [0.29, 0.717) is 17.9 Å². The molecule has 0 amide bonds. The first-order valence-corrected chi connectivity index (χ1v) is 9.70. The zero-order chi connectivity index (χ0) is 22.5. The minimum Gasteiger partial charge on any atom is -0.496 e. The van der Waals surface area contributed by atoms with Crippen LogP contribution in [0.1, 0.15) is 55.5 Å². The van der Waals surface area contributed by atoms with Gasteiger partial charge in [0.2, 0.25) is 5.88 Å². The first-order valence-electron chi connectivity index (χ1n) is 9.70. The molecule has 1 unspecified atom stereocenters. The molecule has 0 bridgehead atoms. The summed E-state index contributed by atoms with van der Waals surface area (Å²) in [4.78, 5) is 16.3. The third-order valence-electron chi connectivity index (χ3n) is 4.73. The summed E-state index contributed by atoms with van der Waals surface area (Å²) in [7, 11) is 1.54. The van der Waals surface area contributed by atoms with E-state index in [2.05, 4.69) is 4.98 Å². The number of Topliss-reactive ketones (excluding diaryl/α,β-unsaturated/α-hetero) is 1. The molecular formula is C22H27F3N2O3. The van der Waals surface area contributed by atoms with Crippen LogP contribution >= 0.6 is 0 Å². The summed E-state index contributed by atoms with van der Waals surface area (Å²) in [5, 5.41) is 0. The van der Waals surface area contributed by atoms with Crippen LogP contribution in [-0.2, 0) is 23.9 Å². The van der Waals surface area contributed by atoms with Gasteiger partial charge in [-0.1, -0.05) is 25.1 Å². The molecule has 1 aromatic heterocycles. The topological polar surface area (TPSA) is 74.4 Å². The molecule has 8 heteroatoms. The lowest BCUT2D eigenvalue weighted by Gasteiger charge is -2.17. The van der Waals surface area contributed by atoms with Crippen molar-refractivity contribution in [2.45, 2.75) is 58.4 Å². The maximum absolute atomic E-state index is 13.0. The molecule has 2 rings (SSSR count). The Balaban J connectivity index is 2.16. The molecule has 2 aromatic rings. The summed E-state index contributed by atoms with van der Waals surface area (Å²) in [6.45, 7) is 5.52. The predicted molar refractivity (Wildman–Crippen MR) is 108 cm³/mol. The molecule has 0 aliphatic heterocycles. The van der Waals surface area contributed by atoms with Gasteiger partial charge >= 0.3 is 6.18 Å². The monoisotopic (exact) mass is 424 g/mol. The summed E-state index contributed by atoms with van der Waals surface area (Å²) >= 11 is 0. The number of rotatable bonds is 9. The van der Waals surface area contributed by atoms with E-state index < -0.39 is 17.8 Å².